The van der Waals surface area contributed by atoms with E-state index in [1.807, 2.05) is 13.8 Å². The standard InChI is InChI=1S/C19H21Br.C2H6/c1-13-7-9-15(10-8-13)11-16-12-19(20)14(2)17-5-3-4-6-18(16)17;1-2/h7-10,12H,3-6,11H2,1-2H3;1-2H3. The van der Waals surface area contributed by atoms with Gasteiger partial charge in [0.2, 0.25) is 0 Å². The van der Waals surface area contributed by atoms with Crippen molar-refractivity contribution in [1.29, 1.82) is 0 Å². The fourth-order valence-electron chi connectivity index (χ4n) is 3.25. The molecule has 0 atom stereocenters. The molecule has 1 heteroatoms. The van der Waals surface area contributed by atoms with Crippen molar-refractivity contribution in [3.8, 4) is 0 Å². The highest BCUT2D eigenvalue weighted by atomic mass is 79.9. The van der Waals surface area contributed by atoms with Gasteiger partial charge in [0.15, 0.2) is 0 Å². The second kappa shape index (κ2) is 7.97. The summed E-state index contributed by atoms with van der Waals surface area (Å²) in [5.41, 5.74) is 8.94. The monoisotopic (exact) mass is 358 g/mol. The van der Waals surface area contributed by atoms with Crippen LogP contribution in [0.3, 0.4) is 0 Å². The van der Waals surface area contributed by atoms with E-state index in [0.29, 0.717) is 0 Å². The molecular weight excluding hydrogens is 332 g/mol. The summed E-state index contributed by atoms with van der Waals surface area (Å²) in [6.07, 6.45) is 6.25. The predicted octanol–water partition coefficient (Wildman–Crippen LogP) is 6.56. The molecule has 0 saturated carbocycles. The quantitative estimate of drug-likeness (QED) is 0.569. The topological polar surface area (TPSA) is 0 Å². The van der Waals surface area contributed by atoms with E-state index in [1.54, 1.807) is 11.1 Å². The second-order valence-corrected chi connectivity index (χ2v) is 6.82. The first-order chi connectivity index (χ1) is 10.6. The summed E-state index contributed by atoms with van der Waals surface area (Å²) in [5, 5.41) is 0. The summed E-state index contributed by atoms with van der Waals surface area (Å²) < 4.78 is 1.28. The third kappa shape index (κ3) is 3.81. The average molecular weight is 359 g/mol. The van der Waals surface area contributed by atoms with Crippen LogP contribution in [0.4, 0.5) is 0 Å². The number of rotatable bonds is 2. The summed E-state index contributed by atoms with van der Waals surface area (Å²) in [6.45, 7) is 8.40. The van der Waals surface area contributed by atoms with E-state index >= 15 is 0 Å². The van der Waals surface area contributed by atoms with Crippen molar-refractivity contribution in [2.24, 2.45) is 0 Å². The second-order valence-electron chi connectivity index (χ2n) is 5.97. The molecule has 0 aromatic heterocycles. The van der Waals surface area contributed by atoms with Crippen LogP contribution >= 0.6 is 15.9 Å². The van der Waals surface area contributed by atoms with Crippen LogP contribution in [-0.4, -0.2) is 0 Å². The van der Waals surface area contributed by atoms with Crippen LogP contribution in [0.5, 0.6) is 0 Å². The van der Waals surface area contributed by atoms with Gasteiger partial charge in [0, 0.05) is 4.47 Å². The van der Waals surface area contributed by atoms with Gasteiger partial charge < -0.3 is 0 Å². The van der Waals surface area contributed by atoms with E-state index in [0.717, 1.165) is 6.42 Å². The average Bonchev–Trinajstić information content (AvgIpc) is 2.56. The molecule has 1 aliphatic rings. The minimum Gasteiger partial charge on any atom is -0.0683 e. The molecule has 0 fully saturated rings. The Bertz CT molecular complexity index is 623. The normalized spacial score (nSPS) is 13.1. The van der Waals surface area contributed by atoms with Gasteiger partial charge in [-0.25, -0.2) is 0 Å². The molecule has 1 aliphatic carbocycles. The van der Waals surface area contributed by atoms with Crippen LogP contribution in [0.15, 0.2) is 34.8 Å². The summed E-state index contributed by atoms with van der Waals surface area (Å²) in [5.74, 6) is 0. The van der Waals surface area contributed by atoms with Gasteiger partial charge in [-0.3, -0.25) is 0 Å². The van der Waals surface area contributed by atoms with Crippen molar-refractivity contribution < 1.29 is 0 Å². The Labute approximate surface area is 144 Å². The molecule has 0 amide bonds. The lowest BCUT2D eigenvalue weighted by molar-refractivity contribution is 0.675. The number of aryl methyl sites for hydroxylation is 1. The molecule has 118 valence electrons. The van der Waals surface area contributed by atoms with Crippen molar-refractivity contribution in [2.75, 3.05) is 0 Å². The van der Waals surface area contributed by atoms with Crippen LogP contribution < -0.4 is 0 Å². The SMILES string of the molecule is CC.Cc1ccc(Cc2cc(Br)c(C)c3c2CCCC3)cc1. The third-order valence-corrected chi connectivity index (χ3v) is 5.31. The highest BCUT2D eigenvalue weighted by Gasteiger charge is 2.17. The fourth-order valence-corrected chi connectivity index (χ4v) is 3.77. The molecule has 0 radical (unpaired) electrons. The Balaban J connectivity index is 0.000000847. The fraction of sp³-hybridized carbons (Fsp3) is 0.429. The molecule has 22 heavy (non-hydrogen) atoms. The Kier molecular flexibility index (Phi) is 6.26. The van der Waals surface area contributed by atoms with Crippen molar-refractivity contribution in [2.45, 2.75) is 59.8 Å². The number of benzene rings is 2. The molecule has 0 spiro atoms. The molecule has 0 saturated heterocycles. The largest absolute Gasteiger partial charge is 0.0683 e. The number of hydrogen-bond donors (Lipinski definition) is 0. The lowest BCUT2D eigenvalue weighted by Gasteiger charge is -2.23. The molecule has 3 rings (SSSR count). The van der Waals surface area contributed by atoms with E-state index < -0.39 is 0 Å². The van der Waals surface area contributed by atoms with E-state index in [-0.39, 0.29) is 0 Å². The minimum atomic E-state index is 1.06. The van der Waals surface area contributed by atoms with Gasteiger partial charge in [0.05, 0.1) is 0 Å². The highest BCUT2D eigenvalue weighted by molar-refractivity contribution is 9.10. The van der Waals surface area contributed by atoms with Crippen molar-refractivity contribution in [3.63, 3.8) is 0 Å². The predicted molar refractivity (Wildman–Crippen MR) is 101 cm³/mol. The van der Waals surface area contributed by atoms with Crippen LogP contribution in [0.2, 0.25) is 0 Å². The van der Waals surface area contributed by atoms with E-state index in [9.17, 15) is 0 Å². The zero-order valence-electron chi connectivity index (χ0n) is 14.3. The Morgan fingerprint density at radius 2 is 1.50 bits per heavy atom. The van der Waals surface area contributed by atoms with Crippen molar-refractivity contribution >= 4 is 15.9 Å². The molecule has 0 bridgehead atoms. The van der Waals surface area contributed by atoms with E-state index in [2.05, 4.69) is 60.1 Å². The van der Waals surface area contributed by atoms with Crippen LogP contribution in [0.1, 0.15) is 60.1 Å². The van der Waals surface area contributed by atoms with Gasteiger partial charge in [-0.2, -0.15) is 0 Å². The Morgan fingerprint density at radius 3 is 2.14 bits per heavy atom. The van der Waals surface area contributed by atoms with Gasteiger partial charge in [0.1, 0.15) is 0 Å². The minimum absolute atomic E-state index is 1.06. The molecule has 0 aliphatic heterocycles. The molecule has 0 nitrogen and oxygen atoms in total. The van der Waals surface area contributed by atoms with Gasteiger partial charge in [0.25, 0.3) is 0 Å². The first-order valence-electron chi connectivity index (χ1n) is 8.50. The van der Waals surface area contributed by atoms with Crippen LogP contribution in [0.25, 0.3) is 0 Å². The Hall–Kier alpha value is -1.08. The molecule has 2 aromatic carbocycles. The zero-order valence-corrected chi connectivity index (χ0v) is 15.9. The van der Waals surface area contributed by atoms with Gasteiger partial charge >= 0.3 is 0 Å². The van der Waals surface area contributed by atoms with Gasteiger partial charge in [-0.15, -0.1) is 0 Å². The third-order valence-electron chi connectivity index (χ3n) is 4.48. The van der Waals surface area contributed by atoms with Gasteiger partial charge in [-0.05, 0) is 79.8 Å². The van der Waals surface area contributed by atoms with Crippen molar-refractivity contribution in [1.82, 2.24) is 0 Å². The Morgan fingerprint density at radius 1 is 0.909 bits per heavy atom. The molecular formula is C21H27Br. The summed E-state index contributed by atoms with van der Waals surface area (Å²) in [4.78, 5) is 0. The molecule has 0 unspecified atom stereocenters. The maximum absolute atomic E-state index is 3.75. The van der Waals surface area contributed by atoms with E-state index in [1.165, 1.54) is 52.4 Å². The summed E-state index contributed by atoms with van der Waals surface area (Å²) in [6, 6.07) is 11.3. The number of halogens is 1. The first kappa shape index (κ1) is 17.3. The molecule has 0 heterocycles. The molecule has 2 aromatic rings. The van der Waals surface area contributed by atoms with Crippen LogP contribution in [0, 0.1) is 13.8 Å². The summed E-state index contributed by atoms with van der Waals surface area (Å²) in [7, 11) is 0. The zero-order chi connectivity index (χ0) is 16.1. The van der Waals surface area contributed by atoms with Crippen LogP contribution in [-0.2, 0) is 19.3 Å². The van der Waals surface area contributed by atoms with E-state index in [4.69, 9.17) is 0 Å². The number of hydrogen-bond acceptors (Lipinski definition) is 0. The van der Waals surface area contributed by atoms with Gasteiger partial charge in [-0.1, -0.05) is 59.6 Å². The van der Waals surface area contributed by atoms with Crippen molar-refractivity contribution in [3.05, 3.63) is 68.2 Å². The summed E-state index contributed by atoms with van der Waals surface area (Å²) >= 11 is 3.75. The maximum Gasteiger partial charge on any atom is 0.0210 e. The lowest BCUT2D eigenvalue weighted by Crippen LogP contribution is -2.09. The number of fused-ring (bicyclic) bond motifs is 1. The molecule has 0 N–H and O–H groups in total. The smallest absolute Gasteiger partial charge is 0.0210 e. The first-order valence-corrected chi connectivity index (χ1v) is 9.29. The highest BCUT2D eigenvalue weighted by Crippen LogP contribution is 2.33. The lowest BCUT2D eigenvalue weighted by atomic mass is 9.84. The maximum atomic E-state index is 3.75.